The highest BCUT2D eigenvalue weighted by molar-refractivity contribution is 5.92. The molecule has 22 heavy (non-hydrogen) atoms. The minimum atomic E-state index is -0.160. The fraction of sp³-hybridized carbons (Fsp3) is 0.375. The van der Waals surface area contributed by atoms with Crippen LogP contribution in [0.15, 0.2) is 30.5 Å². The lowest BCUT2D eigenvalue weighted by Gasteiger charge is -2.13. The van der Waals surface area contributed by atoms with Crippen LogP contribution in [-0.4, -0.2) is 28.9 Å². The monoisotopic (exact) mass is 303 g/mol. The molecule has 1 N–H and O–H groups in total. The van der Waals surface area contributed by atoms with Crippen molar-refractivity contribution in [3.63, 3.8) is 0 Å². The van der Waals surface area contributed by atoms with Crippen molar-refractivity contribution in [2.45, 2.75) is 20.4 Å². The molecular formula is C16H21N3O3. The molecule has 0 aliphatic rings. The second-order valence-corrected chi connectivity index (χ2v) is 4.67. The highest BCUT2D eigenvalue weighted by Crippen LogP contribution is 2.28. The summed E-state index contributed by atoms with van der Waals surface area (Å²) >= 11 is 0. The summed E-state index contributed by atoms with van der Waals surface area (Å²) in [5.74, 6) is 1.24. The van der Waals surface area contributed by atoms with Crippen LogP contribution in [0.2, 0.25) is 0 Å². The van der Waals surface area contributed by atoms with Gasteiger partial charge in [0.1, 0.15) is 5.69 Å². The summed E-state index contributed by atoms with van der Waals surface area (Å²) < 4.78 is 12.6. The molecule has 0 aliphatic heterocycles. The van der Waals surface area contributed by atoms with Crippen molar-refractivity contribution in [3.05, 3.63) is 41.7 Å². The lowest BCUT2D eigenvalue weighted by Crippen LogP contribution is -2.25. The van der Waals surface area contributed by atoms with Gasteiger partial charge in [-0.2, -0.15) is 5.10 Å². The Morgan fingerprint density at radius 2 is 1.91 bits per heavy atom. The number of carbonyl (C=O) groups is 1. The molecule has 0 saturated carbocycles. The van der Waals surface area contributed by atoms with Crippen molar-refractivity contribution in [1.29, 1.82) is 0 Å². The van der Waals surface area contributed by atoms with Crippen LogP contribution in [-0.2, 0) is 13.6 Å². The predicted molar refractivity (Wildman–Crippen MR) is 83.2 cm³/mol. The van der Waals surface area contributed by atoms with Crippen molar-refractivity contribution >= 4 is 5.91 Å². The summed E-state index contributed by atoms with van der Waals surface area (Å²) in [6, 6.07) is 7.34. The lowest BCUT2D eigenvalue weighted by molar-refractivity contribution is 0.0941. The zero-order valence-corrected chi connectivity index (χ0v) is 13.1. The molecule has 0 fully saturated rings. The minimum absolute atomic E-state index is 0.160. The van der Waals surface area contributed by atoms with E-state index < -0.39 is 0 Å². The van der Waals surface area contributed by atoms with Gasteiger partial charge in [0, 0.05) is 19.8 Å². The molecule has 0 atom stereocenters. The summed E-state index contributed by atoms with van der Waals surface area (Å²) in [6.07, 6.45) is 1.60. The molecular weight excluding hydrogens is 282 g/mol. The van der Waals surface area contributed by atoms with Crippen molar-refractivity contribution < 1.29 is 14.3 Å². The average Bonchev–Trinajstić information content (AvgIpc) is 2.94. The van der Waals surface area contributed by atoms with Crippen LogP contribution in [0.4, 0.5) is 0 Å². The van der Waals surface area contributed by atoms with E-state index in [4.69, 9.17) is 9.47 Å². The maximum Gasteiger partial charge on any atom is 0.269 e. The topological polar surface area (TPSA) is 65.4 Å². The second-order valence-electron chi connectivity index (χ2n) is 4.67. The van der Waals surface area contributed by atoms with E-state index in [9.17, 15) is 4.79 Å². The SMILES string of the molecule is CCOc1ccc(CNC(=O)c2ccnn2C)cc1OCC. The molecule has 0 bridgehead atoms. The fourth-order valence-electron chi connectivity index (χ4n) is 2.08. The number of nitrogens with zero attached hydrogens (tertiary/aromatic N) is 2. The molecule has 0 saturated heterocycles. The zero-order valence-electron chi connectivity index (χ0n) is 13.1. The number of aromatic nitrogens is 2. The molecule has 1 aromatic heterocycles. The number of carbonyl (C=O) groups excluding carboxylic acids is 1. The third-order valence-electron chi connectivity index (χ3n) is 3.11. The maximum absolute atomic E-state index is 12.1. The normalized spacial score (nSPS) is 10.3. The molecule has 2 aromatic rings. The summed E-state index contributed by atoms with van der Waals surface area (Å²) in [5, 5.41) is 6.85. The summed E-state index contributed by atoms with van der Waals surface area (Å²) in [5.41, 5.74) is 1.47. The van der Waals surface area contributed by atoms with Crippen LogP contribution in [0.5, 0.6) is 11.5 Å². The van der Waals surface area contributed by atoms with E-state index in [1.54, 1.807) is 24.0 Å². The smallest absolute Gasteiger partial charge is 0.269 e. The lowest BCUT2D eigenvalue weighted by atomic mass is 10.2. The van der Waals surface area contributed by atoms with Crippen molar-refractivity contribution in [2.24, 2.45) is 7.05 Å². The van der Waals surface area contributed by atoms with E-state index in [2.05, 4.69) is 10.4 Å². The highest BCUT2D eigenvalue weighted by atomic mass is 16.5. The molecule has 1 heterocycles. The van der Waals surface area contributed by atoms with Gasteiger partial charge in [-0.1, -0.05) is 6.07 Å². The number of hydrogen-bond donors (Lipinski definition) is 1. The van der Waals surface area contributed by atoms with Gasteiger partial charge in [0.2, 0.25) is 0 Å². The molecule has 0 unspecified atom stereocenters. The average molecular weight is 303 g/mol. The zero-order chi connectivity index (χ0) is 15.9. The van der Waals surface area contributed by atoms with E-state index in [0.717, 1.165) is 5.56 Å². The highest BCUT2D eigenvalue weighted by Gasteiger charge is 2.10. The molecule has 2 rings (SSSR count). The van der Waals surface area contributed by atoms with Gasteiger partial charge in [-0.3, -0.25) is 9.48 Å². The Morgan fingerprint density at radius 1 is 1.18 bits per heavy atom. The number of benzene rings is 1. The standard InChI is InChI=1S/C16H21N3O3/c1-4-21-14-7-6-12(10-15(14)22-5-2)11-17-16(20)13-8-9-18-19(13)3/h6-10H,4-5,11H2,1-3H3,(H,17,20). The molecule has 0 spiro atoms. The van der Waals surface area contributed by atoms with Crippen molar-refractivity contribution in [1.82, 2.24) is 15.1 Å². The van der Waals surface area contributed by atoms with Gasteiger partial charge in [-0.15, -0.1) is 0 Å². The fourth-order valence-corrected chi connectivity index (χ4v) is 2.08. The van der Waals surface area contributed by atoms with Gasteiger partial charge < -0.3 is 14.8 Å². The third-order valence-corrected chi connectivity index (χ3v) is 3.11. The van der Waals surface area contributed by atoms with E-state index in [0.29, 0.717) is 37.0 Å². The summed E-state index contributed by atoms with van der Waals surface area (Å²) in [4.78, 5) is 12.1. The van der Waals surface area contributed by atoms with E-state index >= 15 is 0 Å². The van der Waals surface area contributed by atoms with Gasteiger partial charge >= 0.3 is 0 Å². The Bertz CT molecular complexity index is 637. The predicted octanol–water partition coefficient (Wildman–Crippen LogP) is 2.15. The van der Waals surface area contributed by atoms with Crippen LogP contribution in [0.3, 0.4) is 0 Å². The first-order valence-corrected chi connectivity index (χ1v) is 7.30. The van der Waals surface area contributed by atoms with E-state index in [-0.39, 0.29) is 5.91 Å². The van der Waals surface area contributed by atoms with Crippen LogP contribution in [0.1, 0.15) is 29.9 Å². The van der Waals surface area contributed by atoms with Crippen LogP contribution in [0.25, 0.3) is 0 Å². The van der Waals surface area contributed by atoms with Crippen LogP contribution < -0.4 is 14.8 Å². The van der Waals surface area contributed by atoms with Crippen LogP contribution in [0, 0.1) is 0 Å². The molecule has 0 aliphatic carbocycles. The molecule has 1 amide bonds. The second kappa shape index (κ2) is 7.49. The summed E-state index contributed by atoms with van der Waals surface area (Å²) in [6.45, 7) is 5.41. The number of ether oxygens (including phenoxy) is 2. The van der Waals surface area contributed by atoms with Gasteiger partial charge in [-0.05, 0) is 37.6 Å². The van der Waals surface area contributed by atoms with Crippen LogP contribution >= 0.6 is 0 Å². The maximum atomic E-state index is 12.1. The number of amides is 1. The molecule has 6 nitrogen and oxygen atoms in total. The summed E-state index contributed by atoms with van der Waals surface area (Å²) in [7, 11) is 1.74. The van der Waals surface area contributed by atoms with E-state index in [1.807, 2.05) is 32.0 Å². The largest absolute Gasteiger partial charge is 0.490 e. The Balaban J connectivity index is 2.05. The number of aryl methyl sites for hydroxylation is 1. The van der Waals surface area contributed by atoms with E-state index in [1.165, 1.54) is 0 Å². The van der Waals surface area contributed by atoms with Gasteiger partial charge in [-0.25, -0.2) is 0 Å². The molecule has 118 valence electrons. The number of rotatable bonds is 7. The Labute approximate surface area is 130 Å². The first kappa shape index (κ1) is 15.9. The Morgan fingerprint density at radius 3 is 2.55 bits per heavy atom. The first-order chi connectivity index (χ1) is 10.7. The third kappa shape index (κ3) is 3.78. The Hall–Kier alpha value is -2.50. The van der Waals surface area contributed by atoms with Gasteiger partial charge in [0.25, 0.3) is 5.91 Å². The molecule has 1 aromatic carbocycles. The quantitative estimate of drug-likeness (QED) is 0.851. The molecule has 0 radical (unpaired) electrons. The van der Waals surface area contributed by atoms with Gasteiger partial charge in [0.15, 0.2) is 11.5 Å². The molecule has 6 heteroatoms. The number of nitrogens with one attached hydrogen (secondary N) is 1. The first-order valence-electron chi connectivity index (χ1n) is 7.30. The minimum Gasteiger partial charge on any atom is -0.490 e. The van der Waals surface area contributed by atoms with Gasteiger partial charge in [0.05, 0.1) is 13.2 Å². The Kier molecular flexibility index (Phi) is 5.41. The van der Waals surface area contributed by atoms with Crippen molar-refractivity contribution in [3.8, 4) is 11.5 Å². The van der Waals surface area contributed by atoms with Crippen molar-refractivity contribution in [2.75, 3.05) is 13.2 Å². The number of hydrogen-bond acceptors (Lipinski definition) is 4.